The van der Waals surface area contributed by atoms with Gasteiger partial charge in [-0.2, -0.15) is 0 Å². The van der Waals surface area contributed by atoms with Crippen molar-refractivity contribution in [3.8, 4) is 0 Å². The van der Waals surface area contributed by atoms with Gasteiger partial charge in [-0.1, -0.05) is 39.0 Å². The molecule has 0 fully saturated rings. The zero-order chi connectivity index (χ0) is 15.4. The van der Waals surface area contributed by atoms with Crippen LogP contribution in [0.1, 0.15) is 45.4 Å². The molecule has 2 rings (SSSR count). The third kappa shape index (κ3) is 3.86. The number of nitrogens with one attached hydrogen (secondary N) is 1. The number of para-hydroxylation sites is 1. The fraction of sp³-hybridized carbons (Fsp3) is 0.556. The van der Waals surface area contributed by atoms with Crippen LogP contribution in [0.5, 0.6) is 0 Å². The van der Waals surface area contributed by atoms with E-state index in [1.54, 1.807) is 0 Å². The molecule has 2 aromatic rings. The van der Waals surface area contributed by atoms with Crippen LogP contribution in [0.2, 0.25) is 0 Å². The summed E-state index contributed by atoms with van der Waals surface area (Å²) in [5.74, 6) is 1.07. The molecule has 0 saturated heterocycles. The van der Waals surface area contributed by atoms with E-state index < -0.39 is 0 Å². The second-order valence-electron chi connectivity index (χ2n) is 6.21. The molecule has 0 saturated carbocycles. The van der Waals surface area contributed by atoms with E-state index in [9.17, 15) is 0 Å². The molecule has 0 aliphatic carbocycles. The van der Waals surface area contributed by atoms with Gasteiger partial charge in [0, 0.05) is 29.6 Å². The lowest BCUT2D eigenvalue weighted by molar-refractivity contribution is 0.242. The maximum atomic E-state index is 6.07. The fourth-order valence-corrected chi connectivity index (χ4v) is 2.48. The molecule has 0 amide bonds. The maximum absolute atomic E-state index is 6.07. The predicted molar refractivity (Wildman–Crippen MR) is 89.4 cm³/mol. The summed E-state index contributed by atoms with van der Waals surface area (Å²) in [4.78, 5) is 2.40. The van der Waals surface area contributed by atoms with Gasteiger partial charge in [0.25, 0.3) is 0 Å². The topological polar surface area (TPSA) is 28.4 Å². The van der Waals surface area contributed by atoms with Crippen molar-refractivity contribution >= 4 is 11.0 Å². The summed E-state index contributed by atoms with van der Waals surface area (Å²) in [6.07, 6.45) is 1.16. The minimum Gasteiger partial charge on any atom is -0.459 e. The third-order valence-corrected chi connectivity index (χ3v) is 4.20. The van der Waals surface area contributed by atoms with Gasteiger partial charge in [-0.25, -0.2) is 0 Å². The first-order valence-electron chi connectivity index (χ1n) is 7.95. The molecule has 3 heteroatoms. The van der Waals surface area contributed by atoms with Crippen LogP contribution in [0.3, 0.4) is 0 Å². The van der Waals surface area contributed by atoms with E-state index in [4.69, 9.17) is 4.42 Å². The fourth-order valence-electron chi connectivity index (χ4n) is 2.48. The highest BCUT2D eigenvalue weighted by Crippen LogP contribution is 2.27. The molecule has 0 radical (unpaired) electrons. The number of nitrogens with zero attached hydrogens (tertiary/aromatic N) is 1. The highest BCUT2D eigenvalue weighted by atomic mass is 16.3. The van der Waals surface area contributed by atoms with Crippen LogP contribution in [0.25, 0.3) is 11.0 Å². The monoisotopic (exact) mass is 288 g/mol. The molecule has 1 atom stereocenters. The Hall–Kier alpha value is -1.32. The molecule has 1 aromatic heterocycles. The van der Waals surface area contributed by atoms with E-state index in [2.05, 4.69) is 63.2 Å². The van der Waals surface area contributed by atoms with Gasteiger partial charge in [0.1, 0.15) is 11.3 Å². The van der Waals surface area contributed by atoms with Crippen LogP contribution in [-0.2, 0) is 13.1 Å². The summed E-state index contributed by atoms with van der Waals surface area (Å²) >= 11 is 0. The maximum Gasteiger partial charge on any atom is 0.134 e. The van der Waals surface area contributed by atoms with Gasteiger partial charge < -0.3 is 9.73 Å². The van der Waals surface area contributed by atoms with Crippen LogP contribution < -0.4 is 5.32 Å². The number of benzene rings is 1. The zero-order valence-electron chi connectivity index (χ0n) is 13.9. The predicted octanol–water partition coefficient (Wildman–Crippen LogP) is 4.16. The van der Waals surface area contributed by atoms with E-state index in [1.807, 2.05) is 6.07 Å². The van der Waals surface area contributed by atoms with E-state index in [1.165, 1.54) is 10.9 Å². The lowest BCUT2D eigenvalue weighted by atomic mass is 10.1. The molecule has 1 heterocycles. The van der Waals surface area contributed by atoms with Crippen molar-refractivity contribution in [3.05, 3.63) is 35.6 Å². The van der Waals surface area contributed by atoms with Crippen molar-refractivity contribution in [1.82, 2.24) is 10.2 Å². The molecule has 1 aromatic carbocycles. The minimum atomic E-state index is 0.457. The SMILES string of the molecule is CCC(C)N(C)Cc1c(CNC(C)C)oc2ccccc12. The zero-order valence-corrected chi connectivity index (χ0v) is 13.9. The molecule has 0 spiro atoms. The second kappa shape index (κ2) is 7.10. The molecule has 0 aliphatic heterocycles. The summed E-state index contributed by atoms with van der Waals surface area (Å²) in [5, 5.41) is 4.71. The Kier molecular flexibility index (Phi) is 5.43. The smallest absolute Gasteiger partial charge is 0.134 e. The molecule has 0 aliphatic rings. The van der Waals surface area contributed by atoms with Crippen molar-refractivity contribution in [3.63, 3.8) is 0 Å². The highest BCUT2D eigenvalue weighted by Gasteiger charge is 2.17. The van der Waals surface area contributed by atoms with Crippen LogP contribution in [0, 0.1) is 0 Å². The third-order valence-electron chi connectivity index (χ3n) is 4.20. The van der Waals surface area contributed by atoms with Gasteiger partial charge in [0.15, 0.2) is 0 Å². The Labute approximate surface area is 128 Å². The summed E-state index contributed by atoms with van der Waals surface area (Å²) in [7, 11) is 2.19. The second-order valence-corrected chi connectivity index (χ2v) is 6.21. The Bertz CT molecular complexity index is 574. The average Bonchev–Trinajstić information content (AvgIpc) is 2.82. The summed E-state index contributed by atoms with van der Waals surface area (Å²) in [5.41, 5.74) is 2.31. The van der Waals surface area contributed by atoms with Crippen molar-refractivity contribution in [2.75, 3.05) is 7.05 Å². The number of rotatable bonds is 7. The molecular formula is C18H28N2O. The summed E-state index contributed by atoms with van der Waals surface area (Å²) in [6.45, 7) is 10.5. The van der Waals surface area contributed by atoms with Crippen molar-refractivity contribution < 1.29 is 4.42 Å². The molecular weight excluding hydrogens is 260 g/mol. The van der Waals surface area contributed by atoms with Gasteiger partial charge in [-0.05, 0) is 26.5 Å². The molecule has 1 unspecified atom stereocenters. The van der Waals surface area contributed by atoms with E-state index in [0.29, 0.717) is 12.1 Å². The van der Waals surface area contributed by atoms with Gasteiger partial charge in [-0.3, -0.25) is 4.90 Å². The lowest BCUT2D eigenvalue weighted by Gasteiger charge is -2.23. The van der Waals surface area contributed by atoms with Crippen molar-refractivity contribution in [2.45, 2.75) is 59.3 Å². The molecule has 0 bridgehead atoms. The van der Waals surface area contributed by atoms with Gasteiger partial charge >= 0.3 is 0 Å². The Morgan fingerprint density at radius 3 is 2.57 bits per heavy atom. The van der Waals surface area contributed by atoms with E-state index >= 15 is 0 Å². The molecule has 21 heavy (non-hydrogen) atoms. The first-order chi connectivity index (χ1) is 10.0. The average molecular weight is 288 g/mol. The van der Waals surface area contributed by atoms with Crippen LogP contribution in [-0.4, -0.2) is 24.0 Å². The number of fused-ring (bicyclic) bond motifs is 1. The Balaban J connectivity index is 2.31. The minimum absolute atomic E-state index is 0.457. The number of hydrogen-bond donors (Lipinski definition) is 1. The Morgan fingerprint density at radius 2 is 1.90 bits per heavy atom. The van der Waals surface area contributed by atoms with Gasteiger partial charge in [0.2, 0.25) is 0 Å². The Morgan fingerprint density at radius 1 is 1.19 bits per heavy atom. The van der Waals surface area contributed by atoms with Crippen LogP contribution in [0.15, 0.2) is 28.7 Å². The highest BCUT2D eigenvalue weighted by molar-refractivity contribution is 5.82. The summed E-state index contributed by atoms with van der Waals surface area (Å²) < 4.78 is 6.07. The standard InChI is InChI=1S/C18H28N2O/c1-6-14(4)20(5)12-16-15-9-7-8-10-17(15)21-18(16)11-19-13(2)3/h7-10,13-14,19H,6,11-12H2,1-5H3. The molecule has 3 nitrogen and oxygen atoms in total. The van der Waals surface area contributed by atoms with Crippen molar-refractivity contribution in [1.29, 1.82) is 0 Å². The molecule has 116 valence electrons. The van der Waals surface area contributed by atoms with Crippen LogP contribution in [0.4, 0.5) is 0 Å². The van der Waals surface area contributed by atoms with Crippen LogP contribution >= 0.6 is 0 Å². The number of hydrogen-bond acceptors (Lipinski definition) is 3. The lowest BCUT2D eigenvalue weighted by Crippen LogP contribution is -2.28. The van der Waals surface area contributed by atoms with Gasteiger partial charge in [0.05, 0.1) is 6.54 Å². The van der Waals surface area contributed by atoms with Crippen molar-refractivity contribution in [2.24, 2.45) is 0 Å². The number of furan rings is 1. The normalized spacial score (nSPS) is 13.5. The van der Waals surface area contributed by atoms with E-state index in [-0.39, 0.29) is 0 Å². The quantitative estimate of drug-likeness (QED) is 0.829. The first kappa shape index (κ1) is 16.1. The largest absolute Gasteiger partial charge is 0.459 e. The van der Waals surface area contributed by atoms with E-state index in [0.717, 1.165) is 30.9 Å². The summed E-state index contributed by atoms with van der Waals surface area (Å²) in [6, 6.07) is 9.37. The first-order valence-corrected chi connectivity index (χ1v) is 7.95. The van der Waals surface area contributed by atoms with Gasteiger partial charge in [-0.15, -0.1) is 0 Å². The molecule has 1 N–H and O–H groups in total.